The van der Waals surface area contributed by atoms with Crippen molar-refractivity contribution in [1.29, 1.82) is 0 Å². The third-order valence-electron chi connectivity index (χ3n) is 4.61. The molecule has 0 aliphatic heterocycles. The fourth-order valence-corrected chi connectivity index (χ4v) is 3.36. The summed E-state index contributed by atoms with van der Waals surface area (Å²) in [7, 11) is 0. The summed E-state index contributed by atoms with van der Waals surface area (Å²) in [6.45, 7) is 6.72. The molecular formula is C23H25F3N2. The van der Waals surface area contributed by atoms with Gasteiger partial charge in [0.1, 0.15) is 17.5 Å². The molecule has 1 heterocycles. The minimum atomic E-state index is -0.565. The lowest BCUT2D eigenvalue weighted by molar-refractivity contribution is 0.219. The second kappa shape index (κ2) is 9.11. The standard InChI is InChI=1S/C23H25F3N2/c1-17(2)13-27(15-19-7-10-21(25)12-23(19)26)16-22-4-3-11-28(22)14-18-5-8-20(24)9-6-18/h3-12,17H,13-16H2,1-2H3. The Morgan fingerprint density at radius 3 is 2.29 bits per heavy atom. The summed E-state index contributed by atoms with van der Waals surface area (Å²) in [5.74, 6) is -0.926. The number of nitrogens with zero attached hydrogens (tertiary/aromatic N) is 2. The van der Waals surface area contributed by atoms with Gasteiger partial charge in [-0.2, -0.15) is 0 Å². The lowest BCUT2D eigenvalue weighted by Gasteiger charge is -2.25. The summed E-state index contributed by atoms with van der Waals surface area (Å²) in [5.41, 5.74) is 2.59. The molecule has 148 valence electrons. The highest BCUT2D eigenvalue weighted by atomic mass is 19.1. The first-order valence-corrected chi connectivity index (χ1v) is 9.45. The third kappa shape index (κ3) is 5.49. The van der Waals surface area contributed by atoms with Crippen LogP contribution in [0.15, 0.2) is 60.8 Å². The van der Waals surface area contributed by atoms with Crippen molar-refractivity contribution in [3.05, 3.63) is 95.1 Å². The van der Waals surface area contributed by atoms with Crippen LogP contribution in [-0.2, 0) is 19.6 Å². The van der Waals surface area contributed by atoms with Gasteiger partial charge in [-0.25, -0.2) is 13.2 Å². The molecular weight excluding hydrogens is 361 g/mol. The molecule has 0 aliphatic rings. The van der Waals surface area contributed by atoms with Crippen LogP contribution in [0.25, 0.3) is 0 Å². The zero-order valence-electron chi connectivity index (χ0n) is 16.2. The van der Waals surface area contributed by atoms with Crippen LogP contribution in [0.5, 0.6) is 0 Å². The predicted octanol–water partition coefficient (Wildman–Crippen LogP) is 5.61. The first kappa shape index (κ1) is 20.2. The Morgan fingerprint density at radius 1 is 0.893 bits per heavy atom. The molecule has 0 saturated heterocycles. The first-order chi connectivity index (χ1) is 13.4. The zero-order valence-corrected chi connectivity index (χ0v) is 16.2. The molecule has 3 aromatic rings. The minimum absolute atomic E-state index is 0.249. The molecule has 0 atom stereocenters. The molecule has 0 radical (unpaired) electrons. The van der Waals surface area contributed by atoms with Crippen molar-refractivity contribution in [3.63, 3.8) is 0 Å². The maximum absolute atomic E-state index is 14.1. The van der Waals surface area contributed by atoms with Crippen molar-refractivity contribution in [1.82, 2.24) is 9.47 Å². The van der Waals surface area contributed by atoms with Gasteiger partial charge in [0.15, 0.2) is 0 Å². The van der Waals surface area contributed by atoms with Gasteiger partial charge in [-0.05, 0) is 41.8 Å². The fourth-order valence-electron chi connectivity index (χ4n) is 3.36. The van der Waals surface area contributed by atoms with Crippen molar-refractivity contribution >= 4 is 0 Å². The highest BCUT2D eigenvalue weighted by molar-refractivity contribution is 5.20. The Morgan fingerprint density at radius 2 is 1.61 bits per heavy atom. The summed E-state index contributed by atoms with van der Waals surface area (Å²) in [4.78, 5) is 2.16. The van der Waals surface area contributed by atoms with Crippen molar-refractivity contribution in [2.24, 2.45) is 5.92 Å². The van der Waals surface area contributed by atoms with Gasteiger partial charge < -0.3 is 4.57 Å². The molecule has 0 saturated carbocycles. The van der Waals surface area contributed by atoms with Gasteiger partial charge in [0, 0.05) is 49.7 Å². The van der Waals surface area contributed by atoms with Gasteiger partial charge >= 0.3 is 0 Å². The highest BCUT2D eigenvalue weighted by Crippen LogP contribution is 2.17. The van der Waals surface area contributed by atoms with Gasteiger partial charge in [-0.3, -0.25) is 4.90 Å². The Hall–Kier alpha value is -2.53. The van der Waals surface area contributed by atoms with E-state index in [4.69, 9.17) is 0 Å². The molecule has 0 aliphatic carbocycles. The van der Waals surface area contributed by atoms with Gasteiger partial charge in [0.2, 0.25) is 0 Å². The minimum Gasteiger partial charge on any atom is -0.346 e. The Balaban J connectivity index is 1.76. The first-order valence-electron chi connectivity index (χ1n) is 9.45. The second-order valence-corrected chi connectivity index (χ2v) is 7.55. The number of aromatic nitrogens is 1. The molecule has 5 heteroatoms. The zero-order chi connectivity index (χ0) is 20.1. The third-order valence-corrected chi connectivity index (χ3v) is 4.61. The summed E-state index contributed by atoms with van der Waals surface area (Å²) >= 11 is 0. The molecule has 0 unspecified atom stereocenters. The van der Waals surface area contributed by atoms with Crippen LogP contribution in [0.4, 0.5) is 13.2 Å². The van der Waals surface area contributed by atoms with Gasteiger partial charge in [0.05, 0.1) is 0 Å². The molecule has 0 bridgehead atoms. The fraction of sp³-hybridized carbons (Fsp3) is 0.304. The van der Waals surface area contributed by atoms with E-state index >= 15 is 0 Å². The van der Waals surface area contributed by atoms with E-state index in [0.29, 0.717) is 31.1 Å². The van der Waals surface area contributed by atoms with E-state index in [0.717, 1.165) is 23.9 Å². The van der Waals surface area contributed by atoms with E-state index < -0.39 is 11.6 Å². The van der Waals surface area contributed by atoms with E-state index in [2.05, 4.69) is 23.3 Å². The largest absolute Gasteiger partial charge is 0.346 e. The molecule has 1 aromatic heterocycles. The van der Waals surface area contributed by atoms with Crippen LogP contribution in [-0.4, -0.2) is 16.0 Å². The molecule has 2 aromatic carbocycles. The van der Waals surface area contributed by atoms with Crippen LogP contribution in [0, 0.1) is 23.4 Å². The van der Waals surface area contributed by atoms with Gasteiger partial charge in [-0.1, -0.05) is 32.0 Å². The topological polar surface area (TPSA) is 8.17 Å². The Kier molecular flexibility index (Phi) is 6.57. The smallest absolute Gasteiger partial charge is 0.130 e. The van der Waals surface area contributed by atoms with E-state index in [-0.39, 0.29) is 5.82 Å². The average Bonchev–Trinajstić information content (AvgIpc) is 3.05. The second-order valence-electron chi connectivity index (χ2n) is 7.55. The van der Waals surface area contributed by atoms with Crippen molar-refractivity contribution < 1.29 is 13.2 Å². The molecule has 0 fully saturated rings. The van der Waals surface area contributed by atoms with E-state index in [9.17, 15) is 13.2 Å². The Labute approximate surface area is 164 Å². The summed E-state index contributed by atoms with van der Waals surface area (Å²) in [6, 6.07) is 14.2. The van der Waals surface area contributed by atoms with E-state index in [1.54, 1.807) is 12.1 Å². The van der Waals surface area contributed by atoms with Gasteiger partial charge in [0.25, 0.3) is 0 Å². The van der Waals surface area contributed by atoms with Crippen LogP contribution < -0.4 is 0 Å². The highest BCUT2D eigenvalue weighted by Gasteiger charge is 2.14. The van der Waals surface area contributed by atoms with E-state index in [1.165, 1.54) is 24.3 Å². The summed E-state index contributed by atoms with van der Waals surface area (Å²) in [5, 5.41) is 0. The molecule has 0 spiro atoms. The van der Waals surface area contributed by atoms with Crippen molar-refractivity contribution in [2.75, 3.05) is 6.54 Å². The summed E-state index contributed by atoms with van der Waals surface area (Å²) < 4.78 is 42.6. The quantitative estimate of drug-likeness (QED) is 0.488. The van der Waals surface area contributed by atoms with Gasteiger partial charge in [-0.15, -0.1) is 0 Å². The maximum Gasteiger partial charge on any atom is 0.130 e. The summed E-state index contributed by atoms with van der Waals surface area (Å²) in [6.07, 6.45) is 1.99. The number of halogens is 3. The van der Waals surface area contributed by atoms with Crippen LogP contribution >= 0.6 is 0 Å². The maximum atomic E-state index is 14.1. The molecule has 28 heavy (non-hydrogen) atoms. The van der Waals surface area contributed by atoms with Crippen molar-refractivity contribution in [2.45, 2.75) is 33.5 Å². The van der Waals surface area contributed by atoms with Crippen LogP contribution in [0.1, 0.15) is 30.7 Å². The lowest BCUT2D eigenvalue weighted by atomic mass is 10.1. The molecule has 0 N–H and O–H groups in total. The van der Waals surface area contributed by atoms with Crippen LogP contribution in [0.2, 0.25) is 0 Å². The molecule has 3 rings (SSSR count). The monoisotopic (exact) mass is 386 g/mol. The lowest BCUT2D eigenvalue weighted by Crippen LogP contribution is -2.28. The SMILES string of the molecule is CC(C)CN(Cc1ccc(F)cc1F)Cc1cccn1Cc1ccc(F)cc1. The number of hydrogen-bond acceptors (Lipinski definition) is 1. The average molecular weight is 386 g/mol. The molecule has 2 nitrogen and oxygen atoms in total. The number of rotatable bonds is 8. The van der Waals surface area contributed by atoms with Crippen LogP contribution in [0.3, 0.4) is 0 Å². The Bertz CT molecular complexity index is 900. The molecule has 0 amide bonds. The van der Waals surface area contributed by atoms with E-state index in [1.807, 2.05) is 18.3 Å². The number of hydrogen-bond donors (Lipinski definition) is 0. The number of benzene rings is 2. The normalized spacial score (nSPS) is 11.5. The predicted molar refractivity (Wildman–Crippen MR) is 105 cm³/mol. The van der Waals surface area contributed by atoms with Crippen molar-refractivity contribution in [3.8, 4) is 0 Å².